The van der Waals surface area contributed by atoms with E-state index in [4.69, 9.17) is 5.73 Å². The molecule has 1 saturated heterocycles. The number of nitrogens with two attached hydrogens (primary N) is 1. The van der Waals surface area contributed by atoms with Gasteiger partial charge in [-0.2, -0.15) is 0 Å². The number of aromatic amines is 1. The van der Waals surface area contributed by atoms with Gasteiger partial charge in [0.05, 0.1) is 12.0 Å². The molecule has 1 aromatic carbocycles. The highest BCUT2D eigenvalue weighted by Crippen LogP contribution is 2.30. The zero-order valence-electron chi connectivity index (χ0n) is 16.4. The summed E-state index contributed by atoms with van der Waals surface area (Å²) in [5, 5.41) is 1.25. The molecule has 2 aliphatic heterocycles. The average Bonchev–Trinajstić information content (AvgIpc) is 3.17. The average molecular weight is 380 g/mol. The molecule has 1 fully saturated rings. The van der Waals surface area contributed by atoms with E-state index in [0.29, 0.717) is 6.54 Å². The first-order chi connectivity index (χ1) is 13.5. The van der Waals surface area contributed by atoms with E-state index < -0.39 is 0 Å². The lowest BCUT2D eigenvalue weighted by Gasteiger charge is -2.37. The molecule has 6 nitrogen and oxygen atoms in total. The Morgan fingerprint density at radius 1 is 1.25 bits per heavy atom. The number of carbonyl (C=O) groups is 2. The third-order valence-corrected chi connectivity index (χ3v) is 6.22. The van der Waals surface area contributed by atoms with E-state index in [9.17, 15) is 9.59 Å². The van der Waals surface area contributed by atoms with Crippen LogP contribution in [0, 0.1) is 5.92 Å². The summed E-state index contributed by atoms with van der Waals surface area (Å²) in [6.07, 6.45) is 6.87. The number of para-hydroxylation sites is 1. The lowest BCUT2D eigenvalue weighted by molar-refractivity contribution is -0.139. The highest BCUT2D eigenvalue weighted by atomic mass is 16.2. The van der Waals surface area contributed by atoms with Gasteiger partial charge in [0.15, 0.2) is 0 Å². The SMILES string of the molecule is C[C@H](C(=O)N1CCC[C@H](C(N)=O)C1)N1CC=C(c2c[nH]c3ccccc23)CC1. The number of hydrogen-bond acceptors (Lipinski definition) is 3. The highest BCUT2D eigenvalue weighted by Gasteiger charge is 2.32. The number of H-pyrrole nitrogens is 1. The van der Waals surface area contributed by atoms with Crippen LogP contribution in [0.5, 0.6) is 0 Å². The molecule has 2 atom stereocenters. The summed E-state index contributed by atoms with van der Waals surface area (Å²) in [6, 6.07) is 8.15. The van der Waals surface area contributed by atoms with Crippen LogP contribution >= 0.6 is 0 Å². The van der Waals surface area contributed by atoms with Gasteiger partial charge in [0.25, 0.3) is 0 Å². The van der Waals surface area contributed by atoms with Gasteiger partial charge in [0, 0.05) is 48.8 Å². The maximum absolute atomic E-state index is 13.0. The zero-order valence-corrected chi connectivity index (χ0v) is 16.4. The van der Waals surface area contributed by atoms with Crippen molar-refractivity contribution in [1.29, 1.82) is 0 Å². The molecule has 0 radical (unpaired) electrons. The number of primary amides is 1. The smallest absolute Gasteiger partial charge is 0.239 e. The number of nitrogens with zero attached hydrogens (tertiary/aromatic N) is 2. The molecule has 1 aromatic heterocycles. The predicted molar refractivity (Wildman–Crippen MR) is 110 cm³/mol. The molecule has 0 unspecified atom stereocenters. The maximum atomic E-state index is 13.0. The fourth-order valence-electron chi connectivity index (χ4n) is 4.45. The monoisotopic (exact) mass is 380 g/mol. The second-order valence-electron chi connectivity index (χ2n) is 7.92. The van der Waals surface area contributed by atoms with Crippen molar-refractivity contribution in [2.75, 3.05) is 26.2 Å². The van der Waals surface area contributed by atoms with E-state index in [2.05, 4.69) is 40.4 Å². The number of rotatable bonds is 4. The van der Waals surface area contributed by atoms with Crippen molar-refractivity contribution in [3.8, 4) is 0 Å². The standard InChI is InChI=1S/C22H28N4O2/c1-15(22(28)26-10-4-5-17(14-26)21(23)27)25-11-8-16(9-12-25)19-13-24-20-7-3-2-6-18(19)20/h2-3,6-8,13,15,17,24H,4-5,9-12,14H2,1H3,(H2,23,27)/t15-,17+/m1/s1. The molecular weight excluding hydrogens is 352 g/mol. The Bertz CT molecular complexity index is 916. The highest BCUT2D eigenvalue weighted by molar-refractivity contribution is 5.92. The molecule has 0 spiro atoms. The van der Waals surface area contributed by atoms with Gasteiger partial charge < -0.3 is 15.6 Å². The number of piperidine rings is 1. The Balaban J connectivity index is 1.42. The number of carbonyl (C=O) groups excluding carboxylic acids is 2. The summed E-state index contributed by atoms with van der Waals surface area (Å²) < 4.78 is 0. The van der Waals surface area contributed by atoms with E-state index in [1.54, 1.807) is 0 Å². The first-order valence-electron chi connectivity index (χ1n) is 10.1. The lowest BCUT2D eigenvalue weighted by atomic mass is 9.96. The third kappa shape index (κ3) is 3.56. The van der Waals surface area contributed by atoms with E-state index >= 15 is 0 Å². The quantitative estimate of drug-likeness (QED) is 0.854. The summed E-state index contributed by atoms with van der Waals surface area (Å²) in [4.78, 5) is 31.8. The molecular formula is C22H28N4O2. The predicted octanol–water partition coefficient (Wildman–Crippen LogP) is 2.37. The number of fused-ring (bicyclic) bond motifs is 1. The Hall–Kier alpha value is -2.60. The molecule has 28 heavy (non-hydrogen) atoms. The minimum Gasteiger partial charge on any atom is -0.369 e. The van der Waals surface area contributed by atoms with E-state index in [0.717, 1.165) is 44.4 Å². The van der Waals surface area contributed by atoms with Gasteiger partial charge in [-0.1, -0.05) is 24.3 Å². The minimum atomic E-state index is -0.297. The molecule has 3 heterocycles. The van der Waals surface area contributed by atoms with Crippen LogP contribution in [0.25, 0.3) is 16.5 Å². The lowest BCUT2D eigenvalue weighted by Crippen LogP contribution is -2.52. The summed E-state index contributed by atoms with van der Waals surface area (Å²) in [5.41, 5.74) is 9.20. The van der Waals surface area contributed by atoms with Crippen molar-refractivity contribution in [3.05, 3.63) is 42.1 Å². The molecule has 4 rings (SSSR count). The first kappa shape index (κ1) is 18.7. The number of amides is 2. The number of aromatic nitrogens is 1. The molecule has 0 aliphatic carbocycles. The first-order valence-corrected chi connectivity index (χ1v) is 10.1. The van der Waals surface area contributed by atoms with Crippen molar-refractivity contribution in [2.45, 2.75) is 32.2 Å². The summed E-state index contributed by atoms with van der Waals surface area (Å²) in [7, 11) is 0. The van der Waals surface area contributed by atoms with Crippen LogP contribution in [-0.2, 0) is 9.59 Å². The van der Waals surface area contributed by atoms with Crippen LogP contribution in [0.4, 0.5) is 0 Å². The summed E-state index contributed by atoms with van der Waals surface area (Å²) in [5.74, 6) is -0.399. The van der Waals surface area contributed by atoms with Gasteiger partial charge in [-0.15, -0.1) is 0 Å². The second kappa shape index (κ2) is 7.80. The normalized spacial score (nSPS) is 22.1. The molecule has 3 N–H and O–H groups in total. The topological polar surface area (TPSA) is 82.4 Å². The van der Waals surface area contributed by atoms with Crippen molar-refractivity contribution >= 4 is 28.3 Å². The summed E-state index contributed by atoms with van der Waals surface area (Å²) in [6.45, 7) is 4.76. The van der Waals surface area contributed by atoms with Crippen LogP contribution in [0.2, 0.25) is 0 Å². The molecule has 0 saturated carbocycles. The number of likely N-dealkylation sites (tertiary alicyclic amines) is 1. The van der Waals surface area contributed by atoms with Crippen LogP contribution in [0.3, 0.4) is 0 Å². The van der Waals surface area contributed by atoms with Crippen molar-refractivity contribution in [1.82, 2.24) is 14.8 Å². The van der Waals surface area contributed by atoms with Crippen LogP contribution in [0.1, 0.15) is 31.7 Å². The Morgan fingerprint density at radius 3 is 2.82 bits per heavy atom. The van der Waals surface area contributed by atoms with E-state index in [1.807, 2.05) is 17.9 Å². The minimum absolute atomic E-state index is 0.106. The Labute approximate surface area is 165 Å². The van der Waals surface area contributed by atoms with Gasteiger partial charge in [-0.3, -0.25) is 14.5 Å². The van der Waals surface area contributed by atoms with Gasteiger partial charge >= 0.3 is 0 Å². The van der Waals surface area contributed by atoms with Crippen LogP contribution < -0.4 is 5.73 Å². The second-order valence-corrected chi connectivity index (χ2v) is 7.92. The zero-order chi connectivity index (χ0) is 19.7. The number of nitrogens with one attached hydrogen (secondary N) is 1. The van der Waals surface area contributed by atoms with Crippen molar-refractivity contribution < 1.29 is 9.59 Å². The van der Waals surface area contributed by atoms with Gasteiger partial charge in [-0.25, -0.2) is 0 Å². The molecule has 2 aliphatic rings. The van der Waals surface area contributed by atoms with Crippen molar-refractivity contribution in [2.24, 2.45) is 11.7 Å². The molecule has 2 aromatic rings. The third-order valence-electron chi connectivity index (χ3n) is 6.22. The molecule has 0 bridgehead atoms. The van der Waals surface area contributed by atoms with Crippen molar-refractivity contribution in [3.63, 3.8) is 0 Å². The van der Waals surface area contributed by atoms with Crippen LogP contribution in [-0.4, -0.2) is 58.8 Å². The maximum Gasteiger partial charge on any atom is 0.239 e. The fraction of sp³-hybridized carbons (Fsp3) is 0.455. The van der Waals surface area contributed by atoms with Gasteiger partial charge in [-0.05, 0) is 37.8 Å². The Kier molecular flexibility index (Phi) is 5.22. The molecule has 2 amide bonds. The van der Waals surface area contributed by atoms with Gasteiger partial charge in [0.2, 0.25) is 11.8 Å². The van der Waals surface area contributed by atoms with E-state index in [-0.39, 0.29) is 23.8 Å². The van der Waals surface area contributed by atoms with Crippen LogP contribution in [0.15, 0.2) is 36.5 Å². The Morgan fingerprint density at radius 2 is 2.07 bits per heavy atom. The summed E-state index contributed by atoms with van der Waals surface area (Å²) >= 11 is 0. The van der Waals surface area contributed by atoms with E-state index in [1.165, 1.54) is 16.5 Å². The molecule has 6 heteroatoms. The fourth-order valence-corrected chi connectivity index (χ4v) is 4.45. The largest absolute Gasteiger partial charge is 0.369 e. The molecule has 148 valence electrons. The number of benzene rings is 1. The number of hydrogen-bond donors (Lipinski definition) is 2. The van der Waals surface area contributed by atoms with Gasteiger partial charge in [0.1, 0.15) is 0 Å².